The third-order valence-corrected chi connectivity index (χ3v) is 5.51. The third kappa shape index (κ3) is 3.54. The molecule has 2 unspecified atom stereocenters. The van der Waals surface area contributed by atoms with Crippen LogP contribution < -0.4 is 11.1 Å². The average Bonchev–Trinajstić information content (AvgIpc) is 3.15. The summed E-state index contributed by atoms with van der Waals surface area (Å²) < 4.78 is 0. The Morgan fingerprint density at radius 1 is 1.50 bits per heavy atom. The monoisotopic (exact) mass is 314 g/mol. The Kier molecular flexibility index (Phi) is 5.10. The first-order chi connectivity index (χ1) is 9.13. The van der Waals surface area contributed by atoms with Crippen LogP contribution in [0.1, 0.15) is 46.3 Å². The van der Waals surface area contributed by atoms with Gasteiger partial charge in [-0.2, -0.15) is 0 Å². The highest BCUT2D eigenvalue weighted by molar-refractivity contribution is 7.14. The van der Waals surface area contributed by atoms with Crippen LogP contribution in [0.3, 0.4) is 0 Å². The van der Waals surface area contributed by atoms with Gasteiger partial charge in [0.25, 0.3) is 5.91 Å². The third-order valence-electron chi connectivity index (χ3n) is 4.28. The molecular weight excluding hydrogens is 292 g/mol. The van der Waals surface area contributed by atoms with Crippen LogP contribution in [0.2, 0.25) is 0 Å². The zero-order valence-corrected chi connectivity index (χ0v) is 13.5. The van der Waals surface area contributed by atoms with Crippen LogP contribution in [-0.4, -0.2) is 18.5 Å². The van der Waals surface area contributed by atoms with Crippen molar-refractivity contribution in [3.8, 4) is 0 Å². The van der Waals surface area contributed by atoms with E-state index < -0.39 is 0 Å². The van der Waals surface area contributed by atoms with Gasteiger partial charge >= 0.3 is 0 Å². The number of nitrogens with one attached hydrogen (secondary N) is 1. The Morgan fingerprint density at radius 2 is 2.25 bits per heavy atom. The first-order valence-electron chi connectivity index (χ1n) is 7.29. The van der Waals surface area contributed by atoms with Gasteiger partial charge in [0.05, 0.1) is 4.88 Å². The molecule has 1 saturated carbocycles. The molecule has 1 heterocycles. The SMILES string of the molecule is CC1CCc2sc(C(=O)NCC(N)C3CC3)cc2C1.Cl. The maximum Gasteiger partial charge on any atom is 0.261 e. The topological polar surface area (TPSA) is 55.1 Å². The minimum absolute atomic E-state index is 0. The normalized spacial score (nSPS) is 22.6. The maximum absolute atomic E-state index is 12.1. The number of rotatable bonds is 4. The molecule has 3 N–H and O–H groups in total. The molecule has 20 heavy (non-hydrogen) atoms. The second-order valence-electron chi connectivity index (χ2n) is 6.12. The number of carbonyl (C=O) groups excluding carboxylic acids is 1. The Morgan fingerprint density at radius 3 is 2.95 bits per heavy atom. The summed E-state index contributed by atoms with van der Waals surface area (Å²) in [7, 11) is 0. The molecule has 0 bridgehead atoms. The van der Waals surface area contributed by atoms with Gasteiger partial charge in [-0.15, -0.1) is 23.7 Å². The van der Waals surface area contributed by atoms with Crippen molar-refractivity contribution in [1.82, 2.24) is 5.32 Å². The van der Waals surface area contributed by atoms with Crippen molar-refractivity contribution in [1.29, 1.82) is 0 Å². The fourth-order valence-electron chi connectivity index (χ4n) is 2.81. The lowest BCUT2D eigenvalue weighted by atomic mass is 9.90. The van der Waals surface area contributed by atoms with Crippen molar-refractivity contribution >= 4 is 29.7 Å². The number of hydrogen-bond donors (Lipinski definition) is 2. The lowest BCUT2D eigenvalue weighted by Gasteiger charge is -2.16. The largest absolute Gasteiger partial charge is 0.350 e. The van der Waals surface area contributed by atoms with Crippen molar-refractivity contribution in [2.24, 2.45) is 17.6 Å². The summed E-state index contributed by atoms with van der Waals surface area (Å²) in [6.45, 7) is 2.90. The molecule has 1 aromatic heterocycles. The summed E-state index contributed by atoms with van der Waals surface area (Å²) in [6.07, 6.45) is 5.96. The van der Waals surface area contributed by atoms with Crippen molar-refractivity contribution in [3.05, 3.63) is 21.4 Å². The zero-order chi connectivity index (χ0) is 13.4. The zero-order valence-electron chi connectivity index (χ0n) is 11.9. The maximum atomic E-state index is 12.1. The second kappa shape index (κ2) is 6.46. The van der Waals surface area contributed by atoms with Gasteiger partial charge in [-0.05, 0) is 55.6 Å². The predicted molar refractivity (Wildman–Crippen MR) is 85.8 cm³/mol. The summed E-state index contributed by atoms with van der Waals surface area (Å²) in [5.41, 5.74) is 7.40. The summed E-state index contributed by atoms with van der Waals surface area (Å²) in [5.74, 6) is 1.45. The lowest BCUT2D eigenvalue weighted by molar-refractivity contribution is 0.0954. The summed E-state index contributed by atoms with van der Waals surface area (Å²) in [6, 6.07) is 2.23. The van der Waals surface area contributed by atoms with Crippen molar-refractivity contribution in [2.75, 3.05) is 6.54 Å². The van der Waals surface area contributed by atoms with Crippen LogP contribution in [-0.2, 0) is 12.8 Å². The number of fused-ring (bicyclic) bond motifs is 1. The van der Waals surface area contributed by atoms with Gasteiger partial charge in [-0.1, -0.05) is 6.92 Å². The molecule has 5 heteroatoms. The molecule has 2 aliphatic carbocycles. The van der Waals surface area contributed by atoms with E-state index in [-0.39, 0.29) is 24.4 Å². The molecule has 112 valence electrons. The Hall–Kier alpha value is -0.580. The molecule has 0 aromatic carbocycles. The van der Waals surface area contributed by atoms with Crippen molar-refractivity contribution in [3.63, 3.8) is 0 Å². The molecule has 1 amide bonds. The molecule has 2 atom stereocenters. The van der Waals surface area contributed by atoms with E-state index >= 15 is 0 Å². The van der Waals surface area contributed by atoms with E-state index in [1.807, 2.05) is 0 Å². The van der Waals surface area contributed by atoms with E-state index in [4.69, 9.17) is 5.73 Å². The smallest absolute Gasteiger partial charge is 0.261 e. The van der Waals surface area contributed by atoms with Gasteiger partial charge in [0, 0.05) is 17.5 Å². The van der Waals surface area contributed by atoms with Crippen LogP contribution >= 0.6 is 23.7 Å². The highest BCUT2D eigenvalue weighted by Crippen LogP contribution is 2.33. The second-order valence-corrected chi connectivity index (χ2v) is 7.26. The van der Waals surface area contributed by atoms with Crippen LogP contribution in [0.15, 0.2) is 6.07 Å². The Labute approximate surface area is 130 Å². The van der Waals surface area contributed by atoms with E-state index in [0.29, 0.717) is 12.5 Å². The summed E-state index contributed by atoms with van der Waals surface area (Å²) in [4.78, 5) is 14.4. The fraction of sp³-hybridized carbons (Fsp3) is 0.667. The minimum Gasteiger partial charge on any atom is -0.350 e. The van der Waals surface area contributed by atoms with Gasteiger partial charge in [0.15, 0.2) is 0 Å². The van der Waals surface area contributed by atoms with Gasteiger partial charge in [-0.25, -0.2) is 0 Å². The van der Waals surface area contributed by atoms with Crippen LogP contribution in [0, 0.1) is 11.8 Å². The average molecular weight is 315 g/mol. The van der Waals surface area contributed by atoms with Crippen LogP contribution in [0.4, 0.5) is 0 Å². The number of hydrogen-bond acceptors (Lipinski definition) is 3. The number of halogens is 1. The van der Waals surface area contributed by atoms with Gasteiger partial charge < -0.3 is 11.1 Å². The molecule has 3 nitrogen and oxygen atoms in total. The van der Waals surface area contributed by atoms with Crippen molar-refractivity contribution < 1.29 is 4.79 Å². The molecule has 3 rings (SSSR count). The Balaban J connectivity index is 0.00000147. The molecule has 0 saturated heterocycles. The van der Waals surface area contributed by atoms with Crippen molar-refractivity contribution in [2.45, 2.75) is 45.1 Å². The molecule has 1 fully saturated rings. The highest BCUT2D eigenvalue weighted by atomic mass is 35.5. The van der Waals surface area contributed by atoms with E-state index in [1.54, 1.807) is 11.3 Å². The quantitative estimate of drug-likeness (QED) is 0.898. The van der Waals surface area contributed by atoms with Gasteiger partial charge in [0.2, 0.25) is 0 Å². The number of nitrogens with two attached hydrogens (primary N) is 1. The van der Waals surface area contributed by atoms with E-state index in [0.717, 1.165) is 23.6 Å². The van der Waals surface area contributed by atoms with Gasteiger partial charge in [0.1, 0.15) is 0 Å². The summed E-state index contributed by atoms with van der Waals surface area (Å²) in [5, 5.41) is 2.99. The molecule has 2 aliphatic rings. The number of thiophene rings is 1. The molecule has 1 aromatic rings. The fourth-order valence-corrected chi connectivity index (χ4v) is 3.93. The van der Waals surface area contributed by atoms with E-state index in [9.17, 15) is 4.79 Å². The van der Waals surface area contributed by atoms with Gasteiger partial charge in [-0.3, -0.25) is 4.79 Å². The number of aryl methyl sites for hydroxylation is 1. The first-order valence-corrected chi connectivity index (χ1v) is 8.10. The number of amides is 1. The molecular formula is C15H23ClN2OS. The lowest BCUT2D eigenvalue weighted by Crippen LogP contribution is -2.38. The molecule has 0 radical (unpaired) electrons. The molecule has 0 spiro atoms. The van der Waals surface area contributed by atoms with Crippen LogP contribution in [0.25, 0.3) is 0 Å². The standard InChI is InChI=1S/C15H22N2OS.ClH/c1-9-2-5-13-11(6-9)7-14(19-13)15(18)17-8-12(16)10-3-4-10;/h7,9-10,12H,2-6,8,16H2,1H3,(H,17,18);1H. The van der Waals surface area contributed by atoms with E-state index in [1.165, 1.54) is 29.7 Å². The predicted octanol–water partition coefficient (Wildman–Crippen LogP) is 2.76. The van der Waals surface area contributed by atoms with E-state index in [2.05, 4.69) is 18.3 Å². The highest BCUT2D eigenvalue weighted by Gasteiger charge is 2.28. The number of carbonyl (C=O) groups is 1. The Bertz CT molecular complexity index is 484. The minimum atomic E-state index is 0. The first kappa shape index (κ1) is 15.8. The van der Waals surface area contributed by atoms with Crippen LogP contribution in [0.5, 0.6) is 0 Å². The summed E-state index contributed by atoms with van der Waals surface area (Å²) >= 11 is 1.67. The molecule has 0 aliphatic heterocycles.